The molecular weight excluding hydrogens is 305 g/mol. The largest absolute Gasteiger partial charge is 0.321 e. The number of hydrogen-bond acceptors (Lipinski definition) is 3. The lowest BCUT2D eigenvalue weighted by Gasteiger charge is -2.05. The number of halogens is 2. The predicted octanol–water partition coefficient (Wildman–Crippen LogP) is 3.14. The highest BCUT2D eigenvalue weighted by atomic mass is 79.9. The van der Waals surface area contributed by atoms with Gasteiger partial charge in [-0.1, -0.05) is 11.6 Å². The molecule has 6 heteroatoms. The molecule has 1 amide bonds. The minimum absolute atomic E-state index is 0.255. The molecule has 2 heterocycles. The first-order valence-corrected chi connectivity index (χ1v) is 5.87. The number of nitrogens with one attached hydrogen (secondary N) is 1. The molecular formula is C11H7BrClN3O. The maximum atomic E-state index is 11.9. The fourth-order valence-corrected chi connectivity index (χ4v) is 1.75. The molecule has 0 aromatic carbocycles. The zero-order valence-electron chi connectivity index (χ0n) is 8.52. The minimum atomic E-state index is -0.255. The molecule has 0 aliphatic carbocycles. The lowest BCUT2D eigenvalue weighted by Crippen LogP contribution is -2.13. The third kappa shape index (κ3) is 3.01. The Kier molecular flexibility index (Phi) is 3.71. The lowest BCUT2D eigenvalue weighted by molar-refractivity contribution is 0.102. The van der Waals surface area contributed by atoms with Gasteiger partial charge in [0, 0.05) is 6.20 Å². The van der Waals surface area contributed by atoms with Crippen LogP contribution in [-0.2, 0) is 0 Å². The van der Waals surface area contributed by atoms with E-state index in [-0.39, 0.29) is 5.91 Å². The summed E-state index contributed by atoms with van der Waals surface area (Å²) in [6.07, 6.45) is 3.09. The van der Waals surface area contributed by atoms with Crippen molar-refractivity contribution in [2.75, 3.05) is 5.32 Å². The molecule has 0 aliphatic heterocycles. The molecule has 0 unspecified atom stereocenters. The molecule has 17 heavy (non-hydrogen) atoms. The van der Waals surface area contributed by atoms with Crippen LogP contribution in [0.25, 0.3) is 0 Å². The van der Waals surface area contributed by atoms with Crippen LogP contribution in [0.1, 0.15) is 10.4 Å². The van der Waals surface area contributed by atoms with E-state index in [1.54, 1.807) is 30.5 Å². The number of carbonyl (C=O) groups excluding carboxylic acids is 1. The normalized spacial score (nSPS) is 10.0. The SMILES string of the molecule is O=C(Nc1ccc(Cl)nc1)c1cccnc1Br. The Labute approximate surface area is 111 Å². The predicted molar refractivity (Wildman–Crippen MR) is 69.1 cm³/mol. The van der Waals surface area contributed by atoms with Crippen LogP contribution in [0.5, 0.6) is 0 Å². The smallest absolute Gasteiger partial charge is 0.258 e. The Balaban J connectivity index is 2.17. The summed E-state index contributed by atoms with van der Waals surface area (Å²) in [5, 5.41) is 3.08. The summed E-state index contributed by atoms with van der Waals surface area (Å²) in [7, 11) is 0. The van der Waals surface area contributed by atoms with Gasteiger partial charge in [0.2, 0.25) is 0 Å². The number of pyridine rings is 2. The van der Waals surface area contributed by atoms with Gasteiger partial charge >= 0.3 is 0 Å². The number of aromatic nitrogens is 2. The molecule has 0 bridgehead atoms. The maximum Gasteiger partial charge on any atom is 0.258 e. The third-order valence-electron chi connectivity index (χ3n) is 1.99. The number of nitrogens with zero attached hydrogens (tertiary/aromatic N) is 2. The van der Waals surface area contributed by atoms with Crippen LogP contribution in [0.15, 0.2) is 41.3 Å². The number of rotatable bonds is 2. The van der Waals surface area contributed by atoms with E-state index < -0.39 is 0 Å². The van der Waals surface area contributed by atoms with Crippen molar-refractivity contribution < 1.29 is 4.79 Å². The van der Waals surface area contributed by atoms with E-state index in [9.17, 15) is 4.79 Å². The van der Waals surface area contributed by atoms with Gasteiger partial charge in [0.05, 0.1) is 17.4 Å². The molecule has 0 saturated carbocycles. The average Bonchev–Trinajstić information content (AvgIpc) is 2.32. The maximum absolute atomic E-state index is 11.9. The first-order chi connectivity index (χ1) is 8.16. The Morgan fingerprint density at radius 1 is 1.29 bits per heavy atom. The molecule has 0 atom stereocenters. The number of anilines is 1. The number of amides is 1. The van der Waals surface area contributed by atoms with E-state index in [1.807, 2.05) is 0 Å². The van der Waals surface area contributed by atoms with E-state index in [2.05, 4.69) is 31.2 Å². The highest BCUT2D eigenvalue weighted by molar-refractivity contribution is 9.10. The van der Waals surface area contributed by atoms with Gasteiger partial charge in [-0.05, 0) is 40.2 Å². The summed E-state index contributed by atoms with van der Waals surface area (Å²) >= 11 is 8.86. The van der Waals surface area contributed by atoms with Crippen molar-refractivity contribution in [3.8, 4) is 0 Å². The molecule has 4 nitrogen and oxygen atoms in total. The molecule has 0 radical (unpaired) electrons. The summed E-state index contributed by atoms with van der Waals surface area (Å²) in [5.74, 6) is -0.255. The van der Waals surface area contributed by atoms with Crippen molar-refractivity contribution in [1.29, 1.82) is 0 Å². The van der Waals surface area contributed by atoms with Crippen LogP contribution in [0.2, 0.25) is 5.15 Å². The van der Waals surface area contributed by atoms with Gasteiger partial charge in [-0.25, -0.2) is 9.97 Å². The Morgan fingerprint density at radius 3 is 2.76 bits per heavy atom. The van der Waals surface area contributed by atoms with Crippen molar-refractivity contribution in [3.63, 3.8) is 0 Å². The first kappa shape index (κ1) is 12.0. The van der Waals surface area contributed by atoms with Crippen LogP contribution in [-0.4, -0.2) is 15.9 Å². The van der Waals surface area contributed by atoms with E-state index in [4.69, 9.17) is 11.6 Å². The van der Waals surface area contributed by atoms with Crippen LogP contribution in [0.3, 0.4) is 0 Å². The zero-order valence-corrected chi connectivity index (χ0v) is 10.9. The van der Waals surface area contributed by atoms with Crippen molar-refractivity contribution in [2.24, 2.45) is 0 Å². The summed E-state index contributed by atoms with van der Waals surface area (Å²) in [6, 6.07) is 6.66. The Morgan fingerprint density at radius 2 is 2.12 bits per heavy atom. The topological polar surface area (TPSA) is 54.9 Å². The van der Waals surface area contributed by atoms with E-state index >= 15 is 0 Å². The molecule has 0 aliphatic rings. The quantitative estimate of drug-likeness (QED) is 0.867. The standard InChI is InChI=1S/C11H7BrClN3O/c12-10-8(2-1-5-14-10)11(17)16-7-3-4-9(13)15-6-7/h1-6H,(H,16,17). The van der Waals surface area contributed by atoms with Crippen LogP contribution in [0, 0.1) is 0 Å². The van der Waals surface area contributed by atoms with Crippen molar-refractivity contribution in [3.05, 3.63) is 52.0 Å². The van der Waals surface area contributed by atoms with Crippen LogP contribution in [0.4, 0.5) is 5.69 Å². The lowest BCUT2D eigenvalue weighted by atomic mass is 10.2. The number of carbonyl (C=O) groups is 1. The summed E-state index contributed by atoms with van der Waals surface area (Å²) in [6.45, 7) is 0. The van der Waals surface area contributed by atoms with E-state index in [1.165, 1.54) is 6.20 Å². The molecule has 0 saturated heterocycles. The minimum Gasteiger partial charge on any atom is -0.321 e. The second kappa shape index (κ2) is 5.25. The van der Waals surface area contributed by atoms with Gasteiger partial charge in [0.1, 0.15) is 9.76 Å². The Bertz CT molecular complexity index is 545. The fraction of sp³-hybridized carbons (Fsp3) is 0. The van der Waals surface area contributed by atoms with E-state index in [0.29, 0.717) is 21.0 Å². The number of hydrogen-bond donors (Lipinski definition) is 1. The first-order valence-electron chi connectivity index (χ1n) is 4.70. The molecule has 2 rings (SSSR count). The highest BCUT2D eigenvalue weighted by Gasteiger charge is 2.10. The second-order valence-electron chi connectivity index (χ2n) is 3.17. The molecule has 86 valence electrons. The van der Waals surface area contributed by atoms with Crippen molar-refractivity contribution >= 4 is 39.1 Å². The average molecular weight is 313 g/mol. The summed E-state index contributed by atoms with van der Waals surface area (Å²) < 4.78 is 0.499. The van der Waals surface area contributed by atoms with Crippen LogP contribution >= 0.6 is 27.5 Å². The van der Waals surface area contributed by atoms with Gasteiger partial charge < -0.3 is 5.32 Å². The van der Waals surface area contributed by atoms with Crippen molar-refractivity contribution in [2.45, 2.75) is 0 Å². The molecule has 0 fully saturated rings. The molecule has 0 spiro atoms. The highest BCUT2D eigenvalue weighted by Crippen LogP contribution is 2.15. The second-order valence-corrected chi connectivity index (χ2v) is 4.30. The van der Waals surface area contributed by atoms with Crippen molar-refractivity contribution in [1.82, 2.24) is 9.97 Å². The van der Waals surface area contributed by atoms with Gasteiger partial charge in [0.15, 0.2) is 0 Å². The monoisotopic (exact) mass is 311 g/mol. The Hall–Kier alpha value is -1.46. The summed E-state index contributed by atoms with van der Waals surface area (Å²) in [4.78, 5) is 19.7. The van der Waals surface area contributed by atoms with Gasteiger partial charge in [-0.3, -0.25) is 4.79 Å². The fourth-order valence-electron chi connectivity index (χ4n) is 1.20. The molecule has 2 aromatic heterocycles. The third-order valence-corrected chi connectivity index (χ3v) is 2.84. The van der Waals surface area contributed by atoms with Gasteiger partial charge in [0.25, 0.3) is 5.91 Å². The van der Waals surface area contributed by atoms with Gasteiger partial charge in [-0.15, -0.1) is 0 Å². The van der Waals surface area contributed by atoms with Gasteiger partial charge in [-0.2, -0.15) is 0 Å². The summed E-state index contributed by atoms with van der Waals surface area (Å²) in [5.41, 5.74) is 1.04. The zero-order chi connectivity index (χ0) is 12.3. The van der Waals surface area contributed by atoms with E-state index in [0.717, 1.165) is 0 Å². The molecule has 2 aromatic rings. The van der Waals surface area contributed by atoms with Crippen LogP contribution < -0.4 is 5.32 Å². The molecule has 1 N–H and O–H groups in total.